The molecule has 4 rings (SSSR count). The largest absolute Gasteiger partial charge is 0.442 e. The zero-order valence-corrected chi connectivity index (χ0v) is 21.8. The van der Waals surface area contributed by atoms with Crippen LogP contribution in [0.5, 0.6) is 0 Å². The number of cyclic esters (lactones) is 1. The van der Waals surface area contributed by atoms with Crippen LogP contribution in [-0.2, 0) is 9.53 Å². The first-order valence-electron chi connectivity index (χ1n) is 11.5. The summed E-state index contributed by atoms with van der Waals surface area (Å²) in [4.78, 5) is 28.3. The first kappa shape index (κ1) is 26.6. The van der Waals surface area contributed by atoms with Gasteiger partial charge >= 0.3 is 6.09 Å². The van der Waals surface area contributed by atoms with Crippen LogP contribution in [0.1, 0.15) is 6.92 Å². The Kier molecular flexibility index (Phi) is 8.34. The predicted molar refractivity (Wildman–Crippen MR) is 141 cm³/mol. The number of alkyl halides is 4. The molecule has 12 heteroatoms. The lowest BCUT2D eigenvalue weighted by Crippen LogP contribution is -2.60. The van der Waals surface area contributed by atoms with Crippen molar-refractivity contribution in [1.29, 1.82) is 0 Å². The number of carbonyl (C=O) groups is 2. The molecule has 2 aromatic rings. The Morgan fingerprint density at radius 1 is 1.08 bits per heavy atom. The van der Waals surface area contributed by atoms with E-state index in [0.29, 0.717) is 25.3 Å². The highest BCUT2D eigenvalue weighted by atomic mass is 35.6. The van der Waals surface area contributed by atoms with Crippen LogP contribution in [0.4, 0.5) is 26.2 Å². The van der Waals surface area contributed by atoms with Gasteiger partial charge in [-0.3, -0.25) is 9.69 Å². The molecular formula is C24H27Cl3FN5O3. The molecule has 2 heterocycles. The second-order valence-corrected chi connectivity index (χ2v) is 11.0. The summed E-state index contributed by atoms with van der Waals surface area (Å²) in [5.41, 5.74) is 2.19. The number of hydrogen-bond acceptors (Lipinski definition) is 6. The third-order valence-corrected chi connectivity index (χ3v) is 6.68. The number of para-hydroxylation sites is 1. The molecule has 3 unspecified atom stereocenters. The average molecular weight is 559 g/mol. The minimum atomic E-state index is -1.76. The summed E-state index contributed by atoms with van der Waals surface area (Å²) in [6, 6.07) is 16.5. The van der Waals surface area contributed by atoms with Crippen LogP contribution in [0.15, 0.2) is 54.6 Å². The number of nitrogens with one attached hydrogen (secondary N) is 2. The molecule has 2 saturated heterocycles. The van der Waals surface area contributed by atoms with Crippen LogP contribution in [0, 0.1) is 0 Å². The van der Waals surface area contributed by atoms with Crippen molar-refractivity contribution in [1.82, 2.24) is 10.2 Å². The standard InChI is InChI=1S/C24H27Cl3FN5O3/c1-16(34)29-13-20-14-33(23(35)36-20)19-9-7-18(8-10-19)31-11-12-32(21(28)15-31)22(24(25,26)27)30-17-5-3-2-4-6-17/h2-10,20-22,30H,11-15H2,1H3,(H,29,34). The van der Waals surface area contributed by atoms with Gasteiger partial charge in [0, 0.05) is 37.1 Å². The monoisotopic (exact) mass is 557 g/mol. The predicted octanol–water partition coefficient (Wildman–Crippen LogP) is 4.37. The average Bonchev–Trinajstić information content (AvgIpc) is 3.22. The quantitative estimate of drug-likeness (QED) is 0.388. The molecule has 2 aliphatic rings. The van der Waals surface area contributed by atoms with Gasteiger partial charge < -0.3 is 20.3 Å². The molecular weight excluding hydrogens is 532 g/mol. The minimum absolute atomic E-state index is 0.0810. The van der Waals surface area contributed by atoms with E-state index in [0.717, 1.165) is 11.4 Å². The fourth-order valence-electron chi connectivity index (χ4n) is 4.26. The second-order valence-electron chi connectivity index (χ2n) is 8.64. The number of anilines is 3. The van der Waals surface area contributed by atoms with E-state index in [1.165, 1.54) is 16.7 Å². The molecule has 0 saturated carbocycles. The molecule has 0 bridgehead atoms. The molecule has 2 aliphatic heterocycles. The van der Waals surface area contributed by atoms with Crippen LogP contribution in [-0.4, -0.2) is 72.0 Å². The number of halogens is 4. The van der Waals surface area contributed by atoms with Gasteiger partial charge in [0.1, 0.15) is 12.3 Å². The number of amides is 2. The lowest BCUT2D eigenvalue weighted by atomic mass is 10.2. The van der Waals surface area contributed by atoms with Crippen LogP contribution < -0.4 is 20.4 Å². The van der Waals surface area contributed by atoms with Crippen molar-refractivity contribution in [2.75, 3.05) is 47.8 Å². The SMILES string of the molecule is CC(=O)NCC1CN(c2ccc(N3CCN(C(Nc4ccccc4)C(Cl)(Cl)Cl)C(F)C3)cc2)C(=O)O1. The normalized spacial score (nSPS) is 21.8. The fraction of sp³-hybridized carbons (Fsp3) is 0.417. The van der Waals surface area contributed by atoms with Crippen LogP contribution in [0.3, 0.4) is 0 Å². The maximum atomic E-state index is 15.4. The summed E-state index contributed by atoms with van der Waals surface area (Å²) in [6.45, 7) is 2.91. The van der Waals surface area contributed by atoms with Crippen LogP contribution >= 0.6 is 34.8 Å². The molecule has 2 aromatic carbocycles. The van der Waals surface area contributed by atoms with E-state index in [-0.39, 0.29) is 19.0 Å². The number of benzene rings is 2. The highest BCUT2D eigenvalue weighted by molar-refractivity contribution is 6.68. The molecule has 2 amide bonds. The summed E-state index contributed by atoms with van der Waals surface area (Å²) in [5.74, 6) is -0.184. The van der Waals surface area contributed by atoms with E-state index in [4.69, 9.17) is 39.5 Å². The third kappa shape index (κ3) is 6.45. The summed E-state index contributed by atoms with van der Waals surface area (Å²) in [5, 5.41) is 5.79. The molecule has 2 N–H and O–H groups in total. The second kappa shape index (κ2) is 11.3. The van der Waals surface area contributed by atoms with E-state index >= 15 is 4.39 Å². The fourth-order valence-corrected chi connectivity index (χ4v) is 4.80. The zero-order chi connectivity index (χ0) is 25.9. The Balaban J connectivity index is 1.38. The Labute approximate surface area is 224 Å². The molecule has 36 heavy (non-hydrogen) atoms. The van der Waals surface area contributed by atoms with Gasteiger partial charge in [-0.15, -0.1) is 0 Å². The van der Waals surface area contributed by atoms with Crippen molar-refractivity contribution in [3.63, 3.8) is 0 Å². The molecule has 0 aromatic heterocycles. The maximum absolute atomic E-state index is 15.4. The highest BCUT2D eigenvalue weighted by Gasteiger charge is 2.43. The zero-order valence-electron chi connectivity index (χ0n) is 19.5. The number of ether oxygens (including phenoxy) is 1. The number of hydrogen-bond donors (Lipinski definition) is 2. The summed E-state index contributed by atoms with van der Waals surface area (Å²) in [7, 11) is 0. The first-order valence-corrected chi connectivity index (χ1v) is 12.6. The Morgan fingerprint density at radius 2 is 1.75 bits per heavy atom. The molecule has 0 spiro atoms. The summed E-state index contributed by atoms with van der Waals surface area (Å²) in [6.07, 6.45) is -3.15. The maximum Gasteiger partial charge on any atom is 0.414 e. The van der Waals surface area contributed by atoms with Crippen LogP contribution in [0.25, 0.3) is 0 Å². The highest BCUT2D eigenvalue weighted by Crippen LogP contribution is 2.36. The van der Waals surface area contributed by atoms with Gasteiger partial charge in [-0.1, -0.05) is 53.0 Å². The van der Waals surface area contributed by atoms with E-state index in [9.17, 15) is 9.59 Å². The van der Waals surface area contributed by atoms with Gasteiger partial charge in [-0.25, -0.2) is 14.1 Å². The van der Waals surface area contributed by atoms with Crippen LogP contribution in [0.2, 0.25) is 0 Å². The van der Waals surface area contributed by atoms with Gasteiger partial charge in [0.15, 0.2) is 6.30 Å². The molecule has 8 nitrogen and oxygen atoms in total. The molecule has 0 radical (unpaired) electrons. The molecule has 0 aliphatic carbocycles. The Morgan fingerprint density at radius 3 is 2.36 bits per heavy atom. The Bertz CT molecular complexity index is 1060. The molecule has 3 atom stereocenters. The van der Waals surface area contributed by atoms with Gasteiger partial charge in [-0.05, 0) is 36.4 Å². The number of carbonyl (C=O) groups excluding carboxylic acids is 2. The lowest BCUT2D eigenvalue weighted by molar-refractivity contribution is -0.119. The van der Waals surface area contributed by atoms with Crippen molar-refractivity contribution in [2.45, 2.75) is 29.3 Å². The van der Waals surface area contributed by atoms with Gasteiger partial charge in [0.2, 0.25) is 9.70 Å². The van der Waals surface area contributed by atoms with Crippen molar-refractivity contribution in [3.8, 4) is 0 Å². The van der Waals surface area contributed by atoms with Gasteiger partial charge in [0.05, 0.1) is 19.6 Å². The Hall–Kier alpha value is -2.46. The first-order chi connectivity index (χ1) is 17.1. The topological polar surface area (TPSA) is 77.2 Å². The molecule has 194 valence electrons. The van der Waals surface area contributed by atoms with Crippen molar-refractivity contribution >= 4 is 63.9 Å². The van der Waals surface area contributed by atoms with E-state index in [1.54, 1.807) is 12.1 Å². The van der Waals surface area contributed by atoms with E-state index < -0.39 is 28.5 Å². The summed E-state index contributed by atoms with van der Waals surface area (Å²) < 4.78 is 18.9. The van der Waals surface area contributed by atoms with Crippen molar-refractivity contribution in [3.05, 3.63) is 54.6 Å². The third-order valence-electron chi connectivity index (χ3n) is 6.06. The number of piperazine rings is 1. The van der Waals surface area contributed by atoms with E-state index in [1.807, 2.05) is 47.4 Å². The molecule has 2 fully saturated rings. The van der Waals surface area contributed by atoms with Gasteiger partial charge in [0.25, 0.3) is 0 Å². The summed E-state index contributed by atoms with van der Waals surface area (Å²) >= 11 is 18.7. The number of nitrogens with zero attached hydrogens (tertiary/aromatic N) is 3. The number of rotatable bonds is 7. The van der Waals surface area contributed by atoms with Crippen molar-refractivity contribution in [2.24, 2.45) is 0 Å². The minimum Gasteiger partial charge on any atom is -0.442 e. The van der Waals surface area contributed by atoms with E-state index in [2.05, 4.69) is 10.6 Å². The smallest absolute Gasteiger partial charge is 0.414 e. The lowest BCUT2D eigenvalue weighted by Gasteiger charge is -2.44. The van der Waals surface area contributed by atoms with Crippen molar-refractivity contribution < 1.29 is 18.7 Å². The van der Waals surface area contributed by atoms with Gasteiger partial charge in [-0.2, -0.15) is 0 Å².